The fraction of sp³-hybridized carbons (Fsp3) is 0.261. The highest BCUT2D eigenvalue weighted by Gasteiger charge is 2.23. The molecule has 7 heteroatoms. The predicted octanol–water partition coefficient (Wildman–Crippen LogP) is 4.33. The molecule has 1 N–H and O–H groups in total. The van der Waals surface area contributed by atoms with Crippen LogP contribution in [0.5, 0.6) is 0 Å². The van der Waals surface area contributed by atoms with Crippen molar-refractivity contribution in [1.82, 2.24) is 0 Å². The number of hydrogen-bond donors (Lipinski definition) is 1. The van der Waals surface area contributed by atoms with Gasteiger partial charge in [0.05, 0.1) is 10.6 Å². The van der Waals surface area contributed by atoms with Crippen molar-refractivity contribution in [2.45, 2.75) is 42.9 Å². The zero-order chi connectivity index (χ0) is 22.1. The van der Waals surface area contributed by atoms with Gasteiger partial charge in [0.1, 0.15) is 6.10 Å². The van der Waals surface area contributed by atoms with Crippen LogP contribution in [-0.2, 0) is 21.0 Å². The molecule has 0 amide bonds. The number of pyridine rings is 1. The minimum atomic E-state index is -3.64. The minimum Gasteiger partial charge on any atom is -0.619 e. The van der Waals surface area contributed by atoms with Gasteiger partial charge in [-0.1, -0.05) is 50.6 Å². The van der Waals surface area contributed by atoms with Gasteiger partial charge in [0, 0.05) is 17.2 Å². The number of rotatable bonds is 5. The van der Waals surface area contributed by atoms with Gasteiger partial charge in [0.25, 0.3) is 0 Å². The van der Waals surface area contributed by atoms with Crippen molar-refractivity contribution in [3.05, 3.63) is 99.5 Å². The van der Waals surface area contributed by atoms with Crippen LogP contribution in [0, 0.1) is 5.21 Å². The summed E-state index contributed by atoms with van der Waals surface area (Å²) in [6.45, 7) is 6.20. The van der Waals surface area contributed by atoms with Crippen LogP contribution in [0.1, 0.15) is 49.1 Å². The molecule has 2 aromatic carbocycles. The van der Waals surface area contributed by atoms with Crippen LogP contribution < -0.4 is 4.73 Å². The molecule has 1 heterocycles. The first-order chi connectivity index (χ1) is 14.0. The second kappa shape index (κ2) is 8.38. The fourth-order valence-corrected chi connectivity index (χ4v) is 4.76. The van der Waals surface area contributed by atoms with E-state index < -0.39 is 15.9 Å². The average molecular weight is 446 g/mol. The Morgan fingerprint density at radius 2 is 1.63 bits per heavy atom. The molecule has 0 aliphatic carbocycles. The number of benzene rings is 2. The van der Waals surface area contributed by atoms with Crippen LogP contribution >= 0.6 is 11.6 Å². The summed E-state index contributed by atoms with van der Waals surface area (Å²) in [4.78, 5) is 0.220. The normalized spacial score (nSPS) is 13.2. The molecule has 1 unspecified atom stereocenters. The van der Waals surface area contributed by atoms with Gasteiger partial charge in [-0.2, -0.15) is 4.73 Å². The van der Waals surface area contributed by atoms with Crippen LogP contribution in [0.3, 0.4) is 0 Å². The molecular formula is C23H24ClNO4S. The van der Waals surface area contributed by atoms with Gasteiger partial charge in [-0.15, -0.1) is 0 Å². The first-order valence-corrected chi connectivity index (χ1v) is 11.5. The highest BCUT2D eigenvalue weighted by atomic mass is 35.5. The Hall–Kier alpha value is -2.41. The van der Waals surface area contributed by atoms with Crippen molar-refractivity contribution < 1.29 is 18.3 Å². The molecule has 0 spiro atoms. The van der Waals surface area contributed by atoms with Crippen molar-refractivity contribution in [3.63, 3.8) is 0 Å². The second-order valence-corrected chi connectivity index (χ2v) is 10.7. The lowest BCUT2D eigenvalue weighted by molar-refractivity contribution is -0.605. The summed E-state index contributed by atoms with van der Waals surface area (Å²) in [6, 6.07) is 14.6. The van der Waals surface area contributed by atoms with E-state index >= 15 is 0 Å². The topological polar surface area (TPSA) is 81.3 Å². The number of hydrogen-bond acceptors (Lipinski definition) is 4. The Labute approximate surface area is 182 Å². The molecule has 0 aliphatic rings. The first-order valence-electron chi connectivity index (χ1n) is 9.46. The Morgan fingerprint density at radius 1 is 1.03 bits per heavy atom. The highest BCUT2D eigenvalue weighted by Crippen LogP contribution is 2.30. The monoisotopic (exact) mass is 445 g/mol. The summed E-state index contributed by atoms with van der Waals surface area (Å²) in [7, 11) is -3.64. The third-order valence-electron chi connectivity index (χ3n) is 4.97. The summed E-state index contributed by atoms with van der Waals surface area (Å²) in [5.41, 5.74) is 2.28. The SMILES string of the molecule is CC(C)(C)c1ccc(S(=O)(=O)Cc2ccc(Cl)cc2C(O)c2cc[n+]([O-])cc2)cc1. The fourth-order valence-electron chi connectivity index (χ4n) is 3.19. The number of sulfone groups is 1. The standard InChI is InChI=1S/C23H24ClNO4S/c1-23(2,3)18-5-8-20(9-6-18)30(28,29)15-17-4-7-19(24)14-21(17)22(26)16-10-12-25(27)13-11-16/h4-14,22,26H,15H2,1-3H3. The maximum atomic E-state index is 13.0. The van der Waals surface area contributed by atoms with Gasteiger partial charge in [-0.3, -0.25) is 0 Å². The lowest BCUT2D eigenvalue weighted by atomic mass is 9.87. The van der Waals surface area contributed by atoms with E-state index in [2.05, 4.69) is 20.8 Å². The summed E-state index contributed by atoms with van der Waals surface area (Å²) >= 11 is 6.11. The maximum absolute atomic E-state index is 13.0. The summed E-state index contributed by atoms with van der Waals surface area (Å²) in [5.74, 6) is -0.278. The Balaban J connectivity index is 1.95. The molecule has 3 aromatic rings. The highest BCUT2D eigenvalue weighted by molar-refractivity contribution is 7.90. The van der Waals surface area contributed by atoms with Crippen molar-refractivity contribution in [2.75, 3.05) is 0 Å². The molecule has 0 radical (unpaired) electrons. The van der Waals surface area contributed by atoms with Crippen molar-refractivity contribution >= 4 is 21.4 Å². The van der Waals surface area contributed by atoms with E-state index in [1.165, 1.54) is 24.5 Å². The van der Waals surface area contributed by atoms with Gasteiger partial charge >= 0.3 is 0 Å². The molecule has 158 valence electrons. The lowest BCUT2D eigenvalue weighted by Gasteiger charge is -2.19. The molecule has 5 nitrogen and oxygen atoms in total. The van der Waals surface area contributed by atoms with E-state index in [0.29, 0.717) is 26.4 Å². The van der Waals surface area contributed by atoms with Gasteiger partial charge in [0.2, 0.25) is 0 Å². The zero-order valence-electron chi connectivity index (χ0n) is 17.0. The molecule has 0 fully saturated rings. The summed E-state index contributed by atoms with van der Waals surface area (Å²) in [5, 5.41) is 22.5. The molecule has 1 aromatic heterocycles. The number of aliphatic hydroxyl groups is 1. The van der Waals surface area contributed by atoms with E-state index in [9.17, 15) is 18.7 Å². The van der Waals surface area contributed by atoms with E-state index in [1.54, 1.807) is 30.3 Å². The lowest BCUT2D eigenvalue weighted by Crippen LogP contribution is -2.24. The van der Waals surface area contributed by atoms with Crippen LogP contribution in [-0.4, -0.2) is 13.5 Å². The Morgan fingerprint density at radius 3 is 2.20 bits per heavy atom. The van der Waals surface area contributed by atoms with Crippen LogP contribution in [0.2, 0.25) is 5.02 Å². The zero-order valence-corrected chi connectivity index (χ0v) is 18.6. The molecule has 0 saturated carbocycles. The third kappa shape index (κ3) is 5.01. The smallest absolute Gasteiger partial charge is 0.182 e. The Kier molecular flexibility index (Phi) is 6.22. The number of aliphatic hydroxyl groups excluding tert-OH is 1. The molecule has 1 atom stereocenters. The van der Waals surface area contributed by atoms with Gasteiger partial charge in [-0.05, 0) is 51.9 Å². The largest absolute Gasteiger partial charge is 0.619 e. The van der Waals surface area contributed by atoms with E-state index in [1.807, 2.05) is 12.1 Å². The average Bonchev–Trinajstić information content (AvgIpc) is 2.69. The summed E-state index contributed by atoms with van der Waals surface area (Å²) in [6.07, 6.45) is 1.44. The quantitative estimate of drug-likeness (QED) is 0.468. The molecule has 0 bridgehead atoms. The second-order valence-electron chi connectivity index (χ2n) is 8.27. The maximum Gasteiger partial charge on any atom is 0.182 e. The van der Waals surface area contributed by atoms with Crippen LogP contribution in [0.15, 0.2) is 71.9 Å². The Bertz CT molecular complexity index is 1140. The van der Waals surface area contributed by atoms with Crippen molar-refractivity contribution in [1.29, 1.82) is 0 Å². The third-order valence-corrected chi connectivity index (χ3v) is 6.89. The molecule has 0 aliphatic heterocycles. The predicted molar refractivity (Wildman–Crippen MR) is 117 cm³/mol. The van der Waals surface area contributed by atoms with Gasteiger partial charge in [0.15, 0.2) is 22.2 Å². The number of nitrogens with zero attached hydrogens (tertiary/aromatic N) is 1. The first kappa shape index (κ1) is 22.3. The van der Waals surface area contributed by atoms with Crippen molar-refractivity contribution in [2.24, 2.45) is 0 Å². The van der Waals surface area contributed by atoms with Gasteiger partial charge < -0.3 is 10.3 Å². The molecular weight excluding hydrogens is 422 g/mol. The molecule has 0 saturated heterocycles. The summed E-state index contributed by atoms with van der Waals surface area (Å²) < 4.78 is 26.7. The van der Waals surface area contributed by atoms with E-state index in [-0.39, 0.29) is 16.1 Å². The number of aromatic nitrogens is 1. The van der Waals surface area contributed by atoms with Crippen LogP contribution in [0.4, 0.5) is 0 Å². The van der Waals surface area contributed by atoms with E-state index in [0.717, 1.165) is 5.56 Å². The number of halogens is 1. The molecule has 3 rings (SSSR count). The minimum absolute atomic E-state index is 0.0757. The molecule has 30 heavy (non-hydrogen) atoms. The van der Waals surface area contributed by atoms with E-state index in [4.69, 9.17) is 11.6 Å². The van der Waals surface area contributed by atoms with Crippen LogP contribution in [0.25, 0.3) is 0 Å². The van der Waals surface area contributed by atoms with Gasteiger partial charge in [-0.25, -0.2) is 8.42 Å². The van der Waals surface area contributed by atoms with Crippen molar-refractivity contribution in [3.8, 4) is 0 Å².